The molecule has 6 nitrogen and oxygen atoms in total. The van der Waals surface area contributed by atoms with Gasteiger partial charge in [-0.25, -0.2) is 0 Å². The van der Waals surface area contributed by atoms with Gasteiger partial charge in [0.1, 0.15) is 5.75 Å². The molecule has 0 aliphatic heterocycles. The van der Waals surface area contributed by atoms with E-state index in [0.717, 1.165) is 0 Å². The first-order valence-electron chi connectivity index (χ1n) is 5.92. The highest BCUT2D eigenvalue weighted by Gasteiger charge is 2.12. The molecule has 0 fully saturated rings. The number of nitrogens with zero attached hydrogens (tertiary/aromatic N) is 1. The third kappa shape index (κ3) is 3.93. The average Bonchev–Trinajstić information content (AvgIpc) is 2.43. The Morgan fingerprint density at radius 3 is 2.62 bits per heavy atom. The fourth-order valence-corrected chi connectivity index (χ4v) is 1.82. The summed E-state index contributed by atoms with van der Waals surface area (Å²) in [6.45, 7) is 0. The van der Waals surface area contributed by atoms with Gasteiger partial charge in [-0.05, 0) is 30.3 Å². The lowest BCUT2D eigenvalue weighted by atomic mass is 10.2. The topological polar surface area (TPSA) is 99.5 Å². The minimum atomic E-state index is -0.983. The van der Waals surface area contributed by atoms with Gasteiger partial charge in [-0.2, -0.15) is 0 Å². The first-order valence-corrected chi connectivity index (χ1v) is 6.30. The first-order chi connectivity index (χ1) is 9.95. The zero-order valence-electron chi connectivity index (χ0n) is 10.7. The number of hydrogen-bond acceptors (Lipinski definition) is 4. The monoisotopic (exact) mass is 306 g/mol. The number of amides is 1. The molecule has 3 N–H and O–H groups in total. The number of nitrogens with one attached hydrogen (secondary N) is 1. The van der Waals surface area contributed by atoms with Crippen LogP contribution < -0.4 is 5.32 Å². The number of hydrogen-bond donors (Lipinski definition) is 3. The quantitative estimate of drug-likeness (QED) is 0.805. The number of phenolic OH excluding ortho intramolecular Hbond substituents is 1. The van der Waals surface area contributed by atoms with Crippen molar-refractivity contribution in [2.24, 2.45) is 0 Å². The van der Waals surface area contributed by atoms with Gasteiger partial charge >= 0.3 is 5.97 Å². The van der Waals surface area contributed by atoms with Crippen LogP contribution in [-0.4, -0.2) is 27.1 Å². The molecule has 0 unspecified atom stereocenters. The van der Waals surface area contributed by atoms with E-state index in [4.69, 9.17) is 16.7 Å². The van der Waals surface area contributed by atoms with Crippen LogP contribution in [0.25, 0.3) is 0 Å². The number of rotatable bonds is 4. The number of aliphatic carboxylic acids is 1. The maximum absolute atomic E-state index is 12.0. The number of carbonyl (C=O) groups excluding carboxylic acids is 1. The number of anilines is 1. The smallest absolute Gasteiger partial charge is 0.309 e. The average molecular weight is 307 g/mol. The van der Waals surface area contributed by atoms with Crippen molar-refractivity contribution >= 4 is 29.2 Å². The number of pyridine rings is 1. The third-order valence-corrected chi connectivity index (χ3v) is 2.85. The molecule has 1 aromatic heterocycles. The molecular weight excluding hydrogens is 296 g/mol. The molecule has 7 heteroatoms. The van der Waals surface area contributed by atoms with Crippen molar-refractivity contribution in [1.82, 2.24) is 4.98 Å². The SMILES string of the molecule is O=C(O)Cc1ccc(NC(=O)c2cc(Cl)ccc2O)cn1. The zero-order chi connectivity index (χ0) is 15.4. The second kappa shape index (κ2) is 6.23. The Morgan fingerprint density at radius 2 is 2.00 bits per heavy atom. The van der Waals surface area contributed by atoms with E-state index >= 15 is 0 Å². The van der Waals surface area contributed by atoms with Crippen LogP contribution in [0.3, 0.4) is 0 Å². The minimum Gasteiger partial charge on any atom is -0.507 e. The summed E-state index contributed by atoms with van der Waals surface area (Å²) in [6, 6.07) is 7.17. The molecule has 0 spiro atoms. The van der Waals surface area contributed by atoms with Crippen molar-refractivity contribution in [2.45, 2.75) is 6.42 Å². The van der Waals surface area contributed by atoms with Crippen molar-refractivity contribution in [3.05, 3.63) is 52.8 Å². The lowest BCUT2D eigenvalue weighted by molar-refractivity contribution is -0.136. The number of aromatic nitrogens is 1. The predicted molar refractivity (Wildman–Crippen MR) is 76.6 cm³/mol. The number of carbonyl (C=O) groups is 2. The van der Waals surface area contributed by atoms with Crippen molar-refractivity contribution in [3.63, 3.8) is 0 Å². The van der Waals surface area contributed by atoms with Crippen molar-refractivity contribution in [1.29, 1.82) is 0 Å². The normalized spacial score (nSPS) is 10.1. The van der Waals surface area contributed by atoms with Gasteiger partial charge in [-0.1, -0.05) is 11.6 Å². The van der Waals surface area contributed by atoms with Gasteiger partial charge in [0.25, 0.3) is 5.91 Å². The molecule has 2 aromatic rings. The molecule has 108 valence electrons. The fourth-order valence-electron chi connectivity index (χ4n) is 1.65. The summed E-state index contributed by atoms with van der Waals surface area (Å²) in [5, 5.41) is 21.1. The van der Waals surface area contributed by atoms with Crippen LogP contribution >= 0.6 is 11.6 Å². The maximum atomic E-state index is 12.0. The first kappa shape index (κ1) is 14.8. The van der Waals surface area contributed by atoms with Crippen LogP contribution in [0.1, 0.15) is 16.1 Å². The highest BCUT2D eigenvalue weighted by Crippen LogP contribution is 2.22. The van der Waals surface area contributed by atoms with E-state index < -0.39 is 11.9 Å². The van der Waals surface area contributed by atoms with E-state index in [2.05, 4.69) is 10.3 Å². The fraction of sp³-hybridized carbons (Fsp3) is 0.0714. The standard InChI is InChI=1S/C14H11ClN2O4/c15-8-1-4-12(18)11(5-8)14(21)17-10-3-2-9(16-7-10)6-13(19)20/h1-5,7,18H,6H2,(H,17,21)(H,19,20). The number of halogens is 1. The Hall–Kier alpha value is -2.60. The summed E-state index contributed by atoms with van der Waals surface area (Å²) >= 11 is 5.77. The van der Waals surface area contributed by atoms with Gasteiger partial charge < -0.3 is 15.5 Å². The van der Waals surface area contributed by atoms with Crippen molar-refractivity contribution in [2.75, 3.05) is 5.32 Å². The van der Waals surface area contributed by atoms with E-state index in [-0.39, 0.29) is 17.7 Å². The van der Waals surface area contributed by atoms with Gasteiger partial charge in [0.2, 0.25) is 0 Å². The van der Waals surface area contributed by atoms with E-state index in [1.54, 1.807) is 0 Å². The Balaban J connectivity index is 2.12. The maximum Gasteiger partial charge on any atom is 0.309 e. The Morgan fingerprint density at radius 1 is 1.24 bits per heavy atom. The molecular formula is C14H11ClN2O4. The lowest BCUT2D eigenvalue weighted by Crippen LogP contribution is -2.12. The van der Waals surface area contributed by atoms with Gasteiger partial charge in [0.05, 0.1) is 29.6 Å². The summed E-state index contributed by atoms with van der Waals surface area (Å²) in [6.07, 6.45) is 1.15. The molecule has 2 rings (SSSR count). The number of carboxylic acids is 1. The highest BCUT2D eigenvalue weighted by molar-refractivity contribution is 6.31. The van der Waals surface area contributed by atoms with Crippen molar-refractivity contribution < 1.29 is 19.8 Å². The Labute approximate surface area is 125 Å². The van der Waals surface area contributed by atoms with Crippen LogP contribution in [0.15, 0.2) is 36.5 Å². The van der Waals surface area contributed by atoms with Crippen molar-refractivity contribution in [3.8, 4) is 5.75 Å². The third-order valence-electron chi connectivity index (χ3n) is 2.62. The number of phenols is 1. The summed E-state index contributed by atoms with van der Waals surface area (Å²) in [5.41, 5.74) is 0.803. The van der Waals surface area contributed by atoms with Gasteiger partial charge in [0, 0.05) is 5.02 Å². The number of carboxylic acid groups (broad SMARTS) is 1. The molecule has 1 amide bonds. The number of benzene rings is 1. The van der Waals surface area contributed by atoms with Crippen LogP contribution in [0.5, 0.6) is 5.75 Å². The van der Waals surface area contributed by atoms with Gasteiger partial charge in [0.15, 0.2) is 0 Å². The molecule has 0 bridgehead atoms. The lowest BCUT2D eigenvalue weighted by Gasteiger charge is -2.07. The largest absolute Gasteiger partial charge is 0.507 e. The van der Waals surface area contributed by atoms with Crippen LogP contribution in [-0.2, 0) is 11.2 Å². The second-order valence-corrected chi connectivity index (χ2v) is 4.66. The Kier molecular flexibility index (Phi) is 4.39. The highest BCUT2D eigenvalue weighted by atomic mass is 35.5. The molecule has 0 saturated heterocycles. The Bertz CT molecular complexity index is 686. The molecule has 0 radical (unpaired) electrons. The number of aromatic hydroxyl groups is 1. The molecule has 0 aliphatic carbocycles. The van der Waals surface area contributed by atoms with Crippen LogP contribution in [0.4, 0.5) is 5.69 Å². The van der Waals surface area contributed by atoms with Gasteiger partial charge in [-0.15, -0.1) is 0 Å². The molecule has 21 heavy (non-hydrogen) atoms. The van der Waals surface area contributed by atoms with Crippen LogP contribution in [0, 0.1) is 0 Å². The predicted octanol–water partition coefficient (Wildman–Crippen LogP) is 2.32. The van der Waals surface area contributed by atoms with E-state index in [0.29, 0.717) is 16.4 Å². The molecule has 0 atom stereocenters. The van der Waals surface area contributed by atoms with Crippen LogP contribution in [0.2, 0.25) is 5.02 Å². The van der Waals surface area contributed by atoms with E-state index in [1.807, 2.05) is 0 Å². The van der Waals surface area contributed by atoms with Gasteiger partial charge in [-0.3, -0.25) is 14.6 Å². The summed E-state index contributed by atoms with van der Waals surface area (Å²) in [7, 11) is 0. The summed E-state index contributed by atoms with van der Waals surface area (Å²) in [5.74, 6) is -1.71. The molecule has 0 aliphatic rings. The summed E-state index contributed by atoms with van der Waals surface area (Å²) in [4.78, 5) is 26.5. The second-order valence-electron chi connectivity index (χ2n) is 4.22. The molecule has 1 aromatic carbocycles. The van der Waals surface area contributed by atoms with E-state index in [1.165, 1.54) is 36.5 Å². The zero-order valence-corrected chi connectivity index (χ0v) is 11.5. The molecule has 1 heterocycles. The van der Waals surface area contributed by atoms with E-state index in [9.17, 15) is 14.7 Å². The summed E-state index contributed by atoms with van der Waals surface area (Å²) < 4.78 is 0. The minimum absolute atomic E-state index is 0.0390. The molecule has 0 saturated carbocycles.